The summed E-state index contributed by atoms with van der Waals surface area (Å²) < 4.78 is 5.14. The lowest BCUT2D eigenvalue weighted by Crippen LogP contribution is -2.63. The molecule has 0 spiro atoms. The molecular formula is C39H56N6O6. The van der Waals surface area contributed by atoms with Gasteiger partial charge in [0.1, 0.15) is 23.6 Å². The number of benzene rings is 3. The Hall–Kier alpha value is -4.65. The zero-order valence-corrected chi connectivity index (χ0v) is 31.1. The highest BCUT2D eigenvalue weighted by Gasteiger charge is 2.38. The number of aliphatic hydroxyl groups excluding tert-OH is 1. The molecule has 12 heteroatoms. The molecule has 278 valence electrons. The number of amides is 3. The lowest BCUT2D eigenvalue weighted by atomic mass is 9.86. The van der Waals surface area contributed by atoms with Crippen LogP contribution in [0.1, 0.15) is 51.3 Å². The molecular weight excluding hydrogens is 648 g/mol. The van der Waals surface area contributed by atoms with E-state index in [9.17, 15) is 24.6 Å². The number of ether oxygens (including phenoxy) is 1. The van der Waals surface area contributed by atoms with Crippen LogP contribution in [0.2, 0.25) is 0 Å². The zero-order valence-electron chi connectivity index (χ0n) is 31.1. The van der Waals surface area contributed by atoms with E-state index in [1.807, 2.05) is 94.4 Å². The Balaban J connectivity index is 1.91. The summed E-state index contributed by atoms with van der Waals surface area (Å²) in [5.74, 6) is -1.44. The second-order valence-corrected chi connectivity index (χ2v) is 14.5. The van der Waals surface area contributed by atoms with E-state index in [0.29, 0.717) is 11.3 Å². The third kappa shape index (κ3) is 12.0. The minimum absolute atomic E-state index is 0.0141. The number of hydrogen-bond donors (Lipinski definition) is 7. The number of rotatable bonds is 17. The Morgan fingerprint density at radius 1 is 0.843 bits per heavy atom. The monoisotopic (exact) mass is 704 g/mol. The highest BCUT2D eigenvalue weighted by molar-refractivity contribution is 5.90. The molecule has 0 aliphatic carbocycles. The number of nitrogens with one attached hydrogen (secondary N) is 4. The molecule has 0 aliphatic rings. The average Bonchev–Trinajstić information content (AvgIpc) is 3.09. The molecule has 0 radical (unpaired) electrons. The summed E-state index contributed by atoms with van der Waals surface area (Å²) in [7, 11) is 5.38. The molecule has 0 fully saturated rings. The van der Waals surface area contributed by atoms with E-state index in [2.05, 4.69) is 21.3 Å². The van der Waals surface area contributed by atoms with Crippen molar-refractivity contribution in [1.82, 2.24) is 21.3 Å². The molecule has 0 bridgehead atoms. The van der Waals surface area contributed by atoms with Crippen molar-refractivity contribution < 1.29 is 29.3 Å². The Bertz CT molecular complexity index is 1580. The van der Waals surface area contributed by atoms with Crippen molar-refractivity contribution >= 4 is 23.4 Å². The zero-order chi connectivity index (χ0) is 37.9. The first-order chi connectivity index (χ1) is 24.0. The molecule has 0 aromatic heterocycles. The molecule has 1 unspecified atom stereocenters. The summed E-state index contributed by atoms with van der Waals surface area (Å²) >= 11 is 0. The normalized spacial score (nSPS) is 14.5. The van der Waals surface area contributed by atoms with E-state index >= 15 is 0 Å². The lowest BCUT2D eigenvalue weighted by Gasteiger charge is -2.34. The number of aromatic hydroxyl groups is 1. The topological polar surface area (TPSA) is 178 Å². The molecule has 3 aromatic carbocycles. The first-order valence-electron chi connectivity index (χ1n) is 17.2. The minimum atomic E-state index is -1.44. The fraction of sp³-hybridized carbons (Fsp3) is 0.462. The van der Waals surface area contributed by atoms with Gasteiger partial charge in [0, 0.05) is 44.5 Å². The Labute approximate surface area is 302 Å². The van der Waals surface area contributed by atoms with Gasteiger partial charge in [0.2, 0.25) is 17.7 Å². The van der Waals surface area contributed by atoms with Crippen LogP contribution in [0.5, 0.6) is 11.5 Å². The number of phenolic OH excluding ortho intramolecular Hbond substituents is 1. The summed E-state index contributed by atoms with van der Waals surface area (Å²) in [5.41, 5.74) is 8.93. The van der Waals surface area contributed by atoms with Gasteiger partial charge in [0.05, 0.1) is 25.3 Å². The standard InChI is InChI=1S/C39H56N6O6/c1-24(2)32(36(48)42-23-27-16-19-29(51-8)21-31(27)46)44-37(49)33(41-22-26-14-17-28(18-15-26)45(6)7)34(47)30(20-25-12-10-9-11-13-25)43-38(50)35(40)39(3,4)5/h9-19,21,24,30,32-35,41,46-47H,20,22-23,40H2,1-8H3,(H,42,48)(H,43,50)(H,44,49)/t30-,32?,33+,34-,35+/m0/s1. The van der Waals surface area contributed by atoms with Crippen LogP contribution in [0.25, 0.3) is 0 Å². The predicted octanol–water partition coefficient (Wildman–Crippen LogP) is 2.84. The number of nitrogens with two attached hydrogens (primary N) is 1. The van der Waals surface area contributed by atoms with Crippen LogP contribution in [0.15, 0.2) is 72.8 Å². The van der Waals surface area contributed by atoms with E-state index in [1.165, 1.54) is 13.2 Å². The van der Waals surface area contributed by atoms with E-state index in [1.54, 1.807) is 26.0 Å². The molecule has 8 N–H and O–H groups in total. The quantitative estimate of drug-likeness (QED) is 0.111. The van der Waals surface area contributed by atoms with E-state index < -0.39 is 53.4 Å². The number of carbonyl (C=O) groups excluding carboxylic acids is 3. The second kappa shape index (κ2) is 18.5. The average molecular weight is 705 g/mol. The van der Waals surface area contributed by atoms with Crippen LogP contribution >= 0.6 is 0 Å². The number of aliphatic hydroxyl groups is 1. The summed E-state index contributed by atoms with van der Waals surface area (Å²) in [6, 6.07) is 17.8. The molecule has 3 amide bonds. The summed E-state index contributed by atoms with van der Waals surface area (Å²) in [4.78, 5) is 43.1. The maximum absolute atomic E-state index is 14.2. The first-order valence-corrected chi connectivity index (χ1v) is 17.2. The molecule has 0 aliphatic heterocycles. The fourth-order valence-corrected chi connectivity index (χ4v) is 5.42. The molecule has 3 aromatic rings. The number of methoxy groups -OCH3 is 1. The van der Waals surface area contributed by atoms with Crippen molar-refractivity contribution in [3.05, 3.63) is 89.5 Å². The van der Waals surface area contributed by atoms with Gasteiger partial charge in [-0.05, 0) is 53.1 Å². The molecule has 0 heterocycles. The number of phenols is 1. The SMILES string of the molecule is COc1ccc(CNC(=O)C(NC(=O)[C@H](NCc2ccc(N(C)C)cc2)[C@@H](O)[C@H](Cc2ccccc2)NC(=O)[C@@H](N)C(C)(C)C)C(C)C)c(O)c1. The van der Waals surface area contributed by atoms with Crippen molar-refractivity contribution in [3.8, 4) is 11.5 Å². The van der Waals surface area contributed by atoms with Crippen LogP contribution in [-0.4, -0.2) is 79.4 Å². The van der Waals surface area contributed by atoms with Crippen molar-refractivity contribution in [2.24, 2.45) is 17.1 Å². The molecule has 12 nitrogen and oxygen atoms in total. The van der Waals surface area contributed by atoms with E-state index in [-0.39, 0.29) is 31.2 Å². The number of anilines is 1. The van der Waals surface area contributed by atoms with Crippen molar-refractivity contribution in [1.29, 1.82) is 0 Å². The van der Waals surface area contributed by atoms with Gasteiger partial charge in [-0.3, -0.25) is 19.7 Å². The van der Waals surface area contributed by atoms with Crippen molar-refractivity contribution in [2.45, 2.75) is 84.4 Å². The van der Waals surface area contributed by atoms with Gasteiger partial charge in [0.15, 0.2) is 0 Å². The van der Waals surface area contributed by atoms with Gasteiger partial charge in [0.25, 0.3) is 0 Å². The minimum Gasteiger partial charge on any atom is -0.507 e. The summed E-state index contributed by atoms with van der Waals surface area (Å²) in [5, 5.41) is 34.2. The number of hydrogen-bond acceptors (Lipinski definition) is 9. The second-order valence-electron chi connectivity index (χ2n) is 14.5. The van der Waals surface area contributed by atoms with Crippen LogP contribution in [0.4, 0.5) is 5.69 Å². The van der Waals surface area contributed by atoms with Crippen LogP contribution < -0.4 is 36.6 Å². The predicted molar refractivity (Wildman–Crippen MR) is 200 cm³/mol. The first kappa shape index (κ1) is 40.8. The summed E-state index contributed by atoms with van der Waals surface area (Å²) in [6.45, 7) is 9.39. The van der Waals surface area contributed by atoms with Gasteiger partial charge in [-0.15, -0.1) is 0 Å². The van der Waals surface area contributed by atoms with Crippen molar-refractivity contribution in [2.75, 3.05) is 26.1 Å². The molecule has 5 atom stereocenters. The maximum atomic E-state index is 14.2. The van der Waals surface area contributed by atoms with Gasteiger partial charge in [-0.25, -0.2) is 0 Å². The highest BCUT2D eigenvalue weighted by atomic mass is 16.5. The Morgan fingerprint density at radius 2 is 1.49 bits per heavy atom. The Kier molecular flexibility index (Phi) is 14.8. The van der Waals surface area contributed by atoms with Crippen LogP contribution in [-0.2, 0) is 33.9 Å². The highest BCUT2D eigenvalue weighted by Crippen LogP contribution is 2.23. The fourth-order valence-electron chi connectivity index (χ4n) is 5.42. The Morgan fingerprint density at radius 3 is 2.04 bits per heavy atom. The van der Waals surface area contributed by atoms with Crippen LogP contribution in [0, 0.1) is 11.3 Å². The summed E-state index contributed by atoms with van der Waals surface area (Å²) in [6.07, 6.45) is -1.22. The largest absolute Gasteiger partial charge is 0.507 e. The molecule has 0 saturated carbocycles. The van der Waals surface area contributed by atoms with Gasteiger partial charge in [-0.1, -0.05) is 77.1 Å². The number of carbonyl (C=O) groups is 3. The molecule has 51 heavy (non-hydrogen) atoms. The van der Waals surface area contributed by atoms with Gasteiger partial charge >= 0.3 is 0 Å². The smallest absolute Gasteiger partial charge is 0.243 e. The lowest BCUT2D eigenvalue weighted by molar-refractivity contribution is -0.134. The number of nitrogens with zero attached hydrogens (tertiary/aromatic N) is 1. The van der Waals surface area contributed by atoms with Crippen molar-refractivity contribution in [3.63, 3.8) is 0 Å². The third-order valence-corrected chi connectivity index (χ3v) is 8.85. The third-order valence-electron chi connectivity index (χ3n) is 8.85. The van der Waals surface area contributed by atoms with E-state index in [0.717, 1.165) is 16.8 Å². The molecule has 3 rings (SSSR count). The molecule has 0 saturated heterocycles. The maximum Gasteiger partial charge on any atom is 0.243 e. The van der Waals surface area contributed by atoms with Gasteiger partial charge in [-0.2, -0.15) is 0 Å². The van der Waals surface area contributed by atoms with Crippen LogP contribution in [0.3, 0.4) is 0 Å². The van der Waals surface area contributed by atoms with Gasteiger partial charge < -0.3 is 41.5 Å². The van der Waals surface area contributed by atoms with E-state index in [4.69, 9.17) is 10.5 Å².